The summed E-state index contributed by atoms with van der Waals surface area (Å²) in [6.07, 6.45) is 9.70. The molecule has 0 aromatic heterocycles. The molecule has 0 aliphatic heterocycles. The van der Waals surface area contributed by atoms with E-state index in [1.807, 2.05) is 57.2 Å². The molecule has 0 aliphatic rings. The van der Waals surface area contributed by atoms with Gasteiger partial charge in [-0.05, 0) is 88.7 Å². The fourth-order valence-corrected chi connectivity index (χ4v) is 3.90. The molecule has 146 valence electrons. The van der Waals surface area contributed by atoms with Gasteiger partial charge in [-0.15, -0.1) is 0 Å². The molecule has 0 unspecified atom stereocenters. The highest BCUT2D eigenvalue weighted by Gasteiger charge is 2.24. The predicted octanol–water partition coefficient (Wildman–Crippen LogP) is 7.70. The maximum Gasteiger partial charge on any atom is 0.0846 e. The molecular weight excluding hydrogens is 352 g/mol. The van der Waals surface area contributed by atoms with Gasteiger partial charge in [-0.25, -0.2) is 0 Å². The molecular formula is C28H28O. The largest absolute Gasteiger partial charge is 0.386 e. The third-order valence-corrected chi connectivity index (χ3v) is 5.28. The van der Waals surface area contributed by atoms with E-state index in [1.54, 1.807) is 6.08 Å². The molecule has 29 heavy (non-hydrogen) atoms. The van der Waals surface area contributed by atoms with Crippen LogP contribution in [0.5, 0.6) is 0 Å². The molecule has 1 N–H and O–H groups in total. The number of rotatable bonds is 6. The standard InChI is InChI=1S/C28H28O/c1-7-13-24-22(10-4)23-15-12-11-14-21(23)17-25(24)26-16-19(8-2)20(9-3)18-27(26)28(5,6)29/h7-18,29H,2-4H2,1,5-6H3/b13-7-. The first-order valence-electron chi connectivity index (χ1n) is 9.82. The van der Waals surface area contributed by atoms with Gasteiger partial charge in [0.05, 0.1) is 5.60 Å². The van der Waals surface area contributed by atoms with E-state index in [1.165, 1.54) is 0 Å². The summed E-state index contributed by atoms with van der Waals surface area (Å²) >= 11 is 0. The number of hydrogen-bond acceptors (Lipinski definition) is 1. The zero-order valence-electron chi connectivity index (χ0n) is 17.5. The Balaban J connectivity index is 2.53. The van der Waals surface area contributed by atoms with Crippen molar-refractivity contribution in [1.29, 1.82) is 0 Å². The number of hydrogen-bond donors (Lipinski definition) is 1. The minimum absolute atomic E-state index is 0.856. The van der Waals surface area contributed by atoms with Gasteiger partial charge in [0.1, 0.15) is 0 Å². The van der Waals surface area contributed by atoms with Gasteiger partial charge >= 0.3 is 0 Å². The lowest BCUT2D eigenvalue weighted by molar-refractivity contribution is 0.0792. The maximum atomic E-state index is 11.0. The molecule has 3 rings (SSSR count). The fourth-order valence-electron chi connectivity index (χ4n) is 3.90. The summed E-state index contributed by atoms with van der Waals surface area (Å²) in [5.74, 6) is 0. The first kappa shape index (κ1) is 20.6. The third kappa shape index (κ3) is 3.74. The Hall–Kier alpha value is -3.16. The summed E-state index contributed by atoms with van der Waals surface area (Å²) in [4.78, 5) is 0. The Kier molecular flexibility index (Phi) is 5.72. The summed E-state index contributed by atoms with van der Waals surface area (Å²) in [5, 5.41) is 13.3. The van der Waals surface area contributed by atoms with Crippen LogP contribution in [0.1, 0.15) is 48.6 Å². The van der Waals surface area contributed by atoms with E-state index in [0.717, 1.165) is 49.7 Å². The third-order valence-electron chi connectivity index (χ3n) is 5.28. The zero-order chi connectivity index (χ0) is 21.2. The highest BCUT2D eigenvalue weighted by atomic mass is 16.3. The van der Waals surface area contributed by atoms with Crippen molar-refractivity contribution in [3.05, 3.63) is 96.1 Å². The van der Waals surface area contributed by atoms with Gasteiger partial charge < -0.3 is 5.11 Å². The summed E-state index contributed by atoms with van der Waals surface area (Å²) < 4.78 is 0. The monoisotopic (exact) mass is 380 g/mol. The molecule has 3 aromatic rings. The van der Waals surface area contributed by atoms with E-state index in [-0.39, 0.29) is 0 Å². The minimum atomic E-state index is -1.01. The lowest BCUT2D eigenvalue weighted by Crippen LogP contribution is -2.17. The van der Waals surface area contributed by atoms with Gasteiger partial charge in [0.2, 0.25) is 0 Å². The first-order chi connectivity index (χ1) is 13.8. The summed E-state index contributed by atoms with van der Waals surface area (Å²) in [6, 6.07) is 14.6. The first-order valence-corrected chi connectivity index (χ1v) is 9.82. The van der Waals surface area contributed by atoms with Crippen molar-refractivity contribution in [3.63, 3.8) is 0 Å². The average Bonchev–Trinajstić information content (AvgIpc) is 2.71. The fraction of sp³-hybridized carbons (Fsp3) is 0.143. The van der Waals surface area contributed by atoms with E-state index >= 15 is 0 Å². The normalized spacial score (nSPS) is 11.7. The Morgan fingerprint density at radius 2 is 1.48 bits per heavy atom. The molecule has 0 atom stereocenters. The van der Waals surface area contributed by atoms with Crippen LogP contribution in [0.2, 0.25) is 0 Å². The highest BCUT2D eigenvalue weighted by molar-refractivity contribution is 6.00. The smallest absolute Gasteiger partial charge is 0.0846 e. The molecule has 0 saturated heterocycles. The van der Waals surface area contributed by atoms with Crippen molar-refractivity contribution >= 4 is 35.1 Å². The maximum absolute atomic E-state index is 11.0. The molecule has 0 spiro atoms. The Morgan fingerprint density at radius 3 is 2.07 bits per heavy atom. The summed E-state index contributed by atoms with van der Waals surface area (Å²) in [7, 11) is 0. The summed E-state index contributed by atoms with van der Waals surface area (Å²) in [6.45, 7) is 17.6. The van der Waals surface area contributed by atoms with Crippen LogP contribution >= 0.6 is 0 Å². The molecule has 0 aliphatic carbocycles. The van der Waals surface area contributed by atoms with Crippen LogP contribution < -0.4 is 0 Å². The molecule has 0 amide bonds. The van der Waals surface area contributed by atoms with Crippen molar-refractivity contribution in [3.8, 4) is 11.1 Å². The highest BCUT2D eigenvalue weighted by Crippen LogP contribution is 2.40. The van der Waals surface area contributed by atoms with E-state index in [2.05, 4.69) is 50.1 Å². The number of fused-ring (bicyclic) bond motifs is 1. The van der Waals surface area contributed by atoms with E-state index in [9.17, 15) is 5.11 Å². The molecule has 0 heterocycles. The number of allylic oxidation sites excluding steroid dienone is 1. The Labute approximate surface area is 174 Å². The zero-order valence-corrected chi connectivity index (χ0v) is 17.5. The second-order valence-corrected chi connectivity index (χ2v) is 7.67. The molecule has 0 saturated carbocycles. The van der Waals surface area contributed by atoms with Gasteiger partial charge in [-0.3, -0.25) is 0 Å². The second-order valence-electron chi connectivity index (χ2n) is 7.67. The van der Waals surface area contributed by atoms with Crippen LogP contribution in [0.4, 0.5) is 0 Å². The van der Waals surface area contributed by atoms with Crippen molar-refractivity contribution in [1.82, 2.24) is 0 Å². The van der Waals surface area contributed by atoms with Crippen LogP contribution in [0, 0.1) is 0 Å². The molecule has 1 heteroatoms. The van der Waals surface area contributed by atoms with Crippen molar-refractivity contribution < 1.29 is 5.11 Å². The lowest BCUT2D eigenvalue weighted by Gasteiger charge is -2.25. The van der Waals surface area contributed by atoms with Crippen LogP contribution in [0.3, 0.4) is 0 Å². The second kappa shape index (κ2) is 8.06. The van der Waals surface area contributed by atoms with Gasteiger partial charge in [0, 0.05) is 0 Å². The van der Waals surface area contributed by atoms with E-state index < -0.39 is 5.60 Å². The molecule has 3 aromatic carbocycles. The van der Waals surface area contributed by atoms with E-state index in [0.29, 0.717) is 0 Å². The predicted molar refractivity (Wildman–Crippen MR) is 130 cm³/mol. The van der Waals surface area contributed by atoms with Crippen molar-refractivity contribution in [2.24, 2.45) is 0 Å². The molecule has 1 nitrogen and oxygen atoms in total. The quantitative estimate of drug-likeness (QED) is 0.464. The van der Waals surface area contributed by atoms with Gasteiger partial charge in [-0.2, -0.15) is 0 Å². The van der Waals surface area contributed by atoms with Crippen molar-refractivity contribution in [2.45, 2.75) is 26.4 Å². The summed E-state index contributed by atoms with van der Waals surface area (Å²) in [5.41, 5.74) is 6.02. The van der Waals surface area contributed by atoms with Crippen molar-refractivity contribution in [2.75, 3.05) is 0 Å². The van der Waals surface area contributed by atoms with E-state index in [4.69, 9.17) is 0 Å². The topological polar surface area (TPSA) is 20.2 Å². The van der Waals surface area contributed by atoms with Gasteiger partial charge in [0.25, 0.3) is 0 Å². The van der Waals surface area contributed by atoms with Gasteiger partial charge in [-0.1, -0.05) is 74.4 Å². The van der Waals surface area contributed by atoms with Crippen LogP contribution in [0.15, 0.2) is 68.3 Å². The molecule has 0 bridgehead atoms. The average molecular weight is 381 g/mol. The van der Waals surface area contributed by atoms with Crippen LogP contribution in [-0.4, -0.2) is 5.11 Å². The number of aliphatic hydroxyl groups is 1. The SMILES string of the molecule is C=Cc1cc(-c2cc3ccccc3c(C=C)c2/C=C\C)c(C(C)(C)O)cc1C=C. The number of benzene rings is 3. The molecule has 0 fully saturated rings. The van der Waals surface area contributed by atoms with Crippen LogP contribution in [-0.2, 0) is 5.60 Å². The Bertz CT molecular complexity index is 1140. The van der Waals surface area contributed by atoms with Crippen LogP contribution in [0.25, 0.3) is 46.2 Å². The Morgan fingerprint density at radius 1 is 0.828 bits per heavy atom. The lowest BCUT2D eigenvalue weighted by atomic mass is 9.82. The van der Waals surface area contributed by atoms with Gasteiger partial charge in [0.15, 0.2) is 0 Å². The molecule has 0 radical (unpaired) electrons. The minimum Gasteiger partial charge on any atom is -0.386 e.